The van der Waals surface area contributed by atoms with Crippen molar-refractivity contribution >= 4 is 0 Å². The van der Waals surface area contributed by atoms with E-state index in [0.717, 1.165) is 18.4 Å². The van der Waals surface area contributed by atoms with Crippen LogP contribution in [-0.2, 0) is 0 Å². The highest BCUT2D eigenvalue weighted by Crippen LogP contribution is 2.45. The van der Waals surface area contributed by atoms with Gasteiger partial charge < -0.3 is 5.32 Å². The fourth-order valence-electron chi connectivity index (χ4n) is 2.15. The van der Waals surface area contributed by atoms with Gasteiger partial charge in [-0.15, -0.1) is 0 Å². The molecule has 1 aliphatic carbocycles. The Hall–Kier alpha value is -1.03. The quantitative estimate of drug-likeness (QED) is 0.848. The smallest absolute Gasteiger partial charge is 0.303 e. The van der Waals surface area contributed by atoms with Gasteiger partial charge in [0.05, 0.1) is 0 Å². The molecule has 1 nitrogen and oxygen atoms in total. The van der Waals surface area contributed by atoms with Crippen LogP contribution in [0.5, 0.6) is 0 Å². The Morgan fingerprint density at radius 1 is 1.29 bits per heavy atom. The van der Waals surface area contributed by atoms with Gasteiger partial charge in [-0.25, -0.2) is 0 Å². The Labute approximate surface area is 99.0 Å². The SMILES string of the molecule is CCNC(c1ccccc1C1CC1)C(F)(F)F. The van der Waals surface area contributed by atoms with Gasteiger partial charge in [-0.05, 0) is 36.4 Å². The van der Waals surface area contributed by atoms with E-state index in [-0.39, 0.29) is 0 Å². The Balaban J connectivity index is 2.34. The first kappa shape index (κ1) is 12.4. The average molecular weight is 243 g/mol. The standard InChI is InChI=1S/C13H16F3N/c1-2-17-12(13(14,15)16)11-6-4-3-5-10(11)9-7-8-9/h3-6,9,12,17H,2,7-8H2,1H3. The summed E-state index contributed by atoms with van der Waals surface area (Å²) in [5.74, 6) is 0.328. The lowest BCUT2D eigenvalue weighted by Crippen LogP contribution is -2.34. The van der Waals surface area contributed by atoms with Crippen LogP contribution in [0.3, 0.4) is 0 Å². The van der Waals surface area contributed by atoms with Gasteiger partial charge in [0.25, 0.3) is 0 Å². The van der Waals surface area contributed by atoms with Crippen LogP contribution in [0.2, 0.25) is 0 Å². The third kappa shape index (κ3) is 2.80. The zero-order valence-electron chi connectivity index (χ0n) is 9.72. The average Bonchev–Trinajstić information content (AvgIpc) is 3.08. The van der Waals surface area contributed by atoms with Gasteiger partial charge in [-0.1, -0.05) is 31.2 Å². The molecule has 1 aromatic carbocycles. The summed E-state index contributed by atoms with van der Waals surface area (Å²) in [6.45, 7) is 2.00. The number of hydrogen-bond donors (Lipinski definition) is 1. The van der Waals surface area contributed by atoms with E-state index < -0.39 is 12.2 Å². The highest BCUT2D eigenvalue weighted by molar-refractivity contribution is 5.36. The van der Waals surface area contributed by atoms with Crippen molar-refractivity contribution in [2.45, 2.75) is 37.9 Å². The van der Waals surface area contributed by atoms with E-state index in [1.165, 1.54) is 0 Å². The second-order valence-electron chi connectivity index (χ2n) is 4.44. The number of halogens is 3. The summed E-state index contributed by atoms with van der Waals surface area (Å²) < 4.78 is 39.0. The highest BCUT2D eigenvalue weighted by atomic mass is 19.4. The molecule has 0 heterocycles. The van der Waals surface area contributed by atoms with Crippen molar-refractivity contribution in [1.29, 1.82) is 0 Å². The maximum atomic E-state index is 13.0. The van der Waals surface area contributed by atoms with Crippen LogP contribution in [0, 0.1) is 0 Å². The summed E-state index contributed by atoms with van der Waals surface area (Å²) in [4.78, 5) is 0. The fourth-order valence-corrected chi connectivity index (χ4v) is 2.15. The fraction of sp³-hybridized carbons (Fsp3) is 0.538. The van der Waals surface area contributed by atoms with Crippen molar-refractivity contribution in [3.63, 3.8) is 0 Å². The van der Waals surface area contributed by atoms with E-state index in [0.29, 0.717) is 18.0 Å². The van der Waals surface area contributed by atoms with Crippen LogP contribution in [0.1, 0.15) is 42.9 Å². The summed E-state index contributed by atoms with van der Waals surface area (Å²) in [5, 5.41) is 2.54. The third-order valence-electron chi connectivity index (χ3n) is 3.06. The van der Waals surface area contributed by atoms with E-state index in [4.69, 9.17) is 0 Å². The summed E-state index contributed by atoms with van der Waals surface area (Å²) in [6.07, 6.45) is -2.22. The van der Waals surface area contributed by atoms with E-state index in [2.05, 4.69) is 5.32 Å². The zero-order valence-corrected chi connectivity index (χ0v) is 9.72. The predicted molar refractivity (Wildman–Crippen MR) is 60.9 cm³/mol. The van der Waals surface area contributed by atoms with E-state index in [1.807, 2.05) is 12.1 Å². The number of rotatable bonds is 4. The minimum absolute atomic E-state index is 0.309. The first-order valence-electron chi connectivity index (χ1n) is 5.93. The summed E-state index contributed by atoms with van der Waals surface area (Å²) in [6, 6.07) is 5.37. The minimum atomic E-state index is -4.24. The third-order valence-corrected chi connectivity index (χ3v) is 3.06. The van der Waals surface area contributed by atoms with Crippen LogP contribution < -0.4 is 5.32 Å². The second-order valence-corrected chi connectivity index (χ2v) is 4.44. The minimum Gasteiger partial charge on any atom is -0.303 e. The summed E-state index contributed by atoms with van der Waals surface area (Å²) in [7, 11) is 0. The molecule has 1 fully saturated rings. The molecule has 0 radical (unpaired) electrons. The van der Waals surface area contributed by atoms with Gasteiger partial charge in [0.1, 0.15) is 6.04 Å². The lowest BCUT2D eigenvalue weighted by Gasteiger charge is -2.23. The van der Waals surface area contributed by atoms with E-state index in [9.17, 15) is 13.2 Å². The normalized spacial score (nSPS) is 18.1. The molecule has 17 heavy (non-hydrogen) atoms. The Bertz CT molecular complexity index is 382. The molecule has 2 rings (SSSR count). The largest absolute Gasteiger partial charge is 0.407 e. The number of benzene rings is 1. The Morgan fingerprint density at radius 3 is 2.47 bits per heavy atom. The van der Waals surface area contributed by atoms with Gasteiger partial charge >= 0.3 is 6.18 Å². The molecule has 4 heteroatoms. The van der Waals surface area contributed by atoms with Crippen LogP contribution in [0.25, 0.3) is 0 Å². The first-order chi connectivity index (χ1) is 8.04. The molecule has 0 spiro atoms. The molecule has 0 amide bonds. The molecule has 0 saturated heterocycles. The molecular formula is C13H16F3N. The monoisotopic (exact) mass is 243 g/mol. The molecule has 1 aromatic rings. The van der Waals surface area contributed by atoms with Crippen LogP contribution in [0.15, 0.2) is 24.3 Å². The van der Waals surface area contributed by atoms with Crippen molar-refractivity contribution in [2.24, 2.45) is 0 Å². The maximum Gasteiger partial charge on any atom is 0.407 e. The Morgan fingerprint density at radius 2 is 1.94 bits per heavy atom. The topological polar surface area (TPSA) is 12.0 Å². The molecule has 94 valence electrons. The van der Waals surface area contributed by atoms with Gasteiger partial charge in [0.15, 0.2) is 0 Å². The van der Waals surface area contributed by atoms with Crippen LogP contribution in [0.4, 0.5) is 13.2 Å². The zero-order chi connectivity index (χ0) is 12.5. The van der Waals surface area contributed by atoms with E-state index >= 15 is 0 Å². The first-order valence-corrected chi connectivity index (χ1v) is 5.93. The number of nitrogens with one attached hydrogen (secondary N) is 1. The van der Waals surface area contributed by atoms with Crippen molar-refractivity contribution in [1.82, 2.24) is 5.32 Å². The molecular weight excluding hydrogens is 227 g/mol. The van der Waals surface area contributed by atoms with Gasteiger partial charge in [-0.3, -0.25) is 0 Å². The lowest BCUT2D eigenvalue weighted by molar-refractivity contribution is -0.157. The van der Waals surface area contributed by atoms with Gasteiger partial charge in [-0.2, -0.15) is 13.2 Å². The molecule has 1 atom stereocenters. The summed E-state index contributed by atoms with van der Waals surface area (Å²) in [5.41, 5.74) is 1.25. The lowest BCUT2D eigenvalue weighted by atomic mass is 9.96. The molecule has 0 aromatic heterocycles. The van der Waals surface area contributed by atoms with Crippen molar-refractivity contribution in [2.75, 3.05) is 6.54 Å². The molecule has 1 N–H and O–H groups in total. The molecule has 1 saturated carbocycles. The summed E-state index contributed by atoms with van der Waals surface area (Å²) >= 11 is 0. The molecule has 1 unspecified atom stereocenters. The number of hydrogen-bond acceptors (Lipinski definition) is 1. The van der Waals surface area contributed by atoms with Crippen molar-refractivity contribution in [3.05, 3.63) is 35.4 Å². The van der Waals surface area contributed by atoms with Gasteiger partial charge in [0, 0.05) is 0 Å². The van der Waals surface area contributed by atoms with Crippen molar-refractivity contribution < 1.29 is 13.2 Å². The van der Waals surface area contributed by atoms with E-state index in [1.54, 1.807) is 19.1 Å². The molecule has 0 aliphatic heterocycles. The molecule has 0 bridgehead atoms. The van der Waals surface area contributed by atoms with Crippen LogP contribution in [-0.4, -0.2) is 12.7 Å². The second kappa shape index (κ2) is 4.69. The van der Waals surface area contributed by atoms with Crippen molar-refractivity contribution in [3.8, 4) is 0 Å². The highest BCUT2D eigenvalue weighted by Gasteiger charge is 2.42. The maximum absolute atomic E-state index is 13.0. The predicted octanol–water partition coefficient (Wildman–Crippen LogP) is 3.78. The Kier molecular flexibility index (Phi) is 3.43. The van der Waals surface area contributed by atoms with Crippen LogP contribution >= 0.6 is 0 Å². The van der Waals surface area contributed by atoms with Gasteiger partial charge in [0.2, 0.25) is 0 Å². The number of alkyl halides is 3. The molecule has 1 aliphatic rings.